The summed E-state index contributed by atoms with van der Waals surface area (Å²) < 4.78 is 5.35. The summed E-state index contributed by atoms with van der Waals surface area (Å²) in [6.07, 6.45) is 0. The monoisotopic (exact) mass is 213 g/mol. The maximum absolute atomic E-state index is 5.67. The number of nitrogen functional groups attached to an aromatic ring is 1. The fraction of sp³-hybridized carbons (Fsp3) is 0.143. The molecule has 0 atom stereocenters. The SMILES string of the molecule is COc1ccc(C)cc1-c1ccc(N)cc1. The molecule has 0 radical (unpaired) electrons. The standard InChI is InChI=1S/C14H15NO/c1-10-3-8-14(16-2)13(9-10)11-4-6-12(15)7-5-11/h3-9H,15H2,1-2H3. The minimum Gasteiger partial charge on any atom is -0.496 e. The molecule has 0 aliphatic rings. The lowest BCUT2D eigenvalue weighted by molar-refractivity contribution is 0.416. The number of hydrogen-bond acceptors (Lipinski definition) is 2. The summed E-state index contributed by atoms with van der Waals surface area (Å²) in [6, 6.07) is 14.0. The highest BCUT2D eigenvalue weighted by Gasteiger charge is 2.05. The molecule has 82 valence electrons. The highest BCUT2D eigenvalue weighted by atomic mass is 16.5. The maximum atomic E-state index is 5.67. The van der Waals surface area contributed by atoms with Gasteiger partial charge in [-0.3, -0.25) is 0 Å². The number of aryl methyl sites for hydroxylation is 1. The third-order valence-electron chi connectivity index (χ3n) is 2.58. The van der Waals surface area contributed by atoms with Gasteiger partial charge in [-0.15, -0.1) is 0 Å². The molecule has 2 aromatic carbocycles. The average Bonchev–Trinajstić information content (AvgIpc) is 2.30. The van der Waals surface area contributed by atoms with Gasteiger partial charge in [-0.2, -0.15) is 0 Å². The van der Waals surface area contributed by atoms with E-state index >= 15 is 0 Å². The highest BCUT2D eigenvalue weighted by Crippen LogP contribution is 2.31. The van der Waals surface area contributed by atoms with Crippen molar-refractivity contribution in [1.82, 2.24) is 0 Å². The van der Waals surface area contributed by atoms with Crippen molar-refractivity contribution in [2.75, 3.05) is 12.8 Å². The molecule has 0 aliphatic carbocycles. The zero-order valence-electron chi connectivity index (χ0n) is 9.53. The van der Waals surface area contributed by atoms with Gasteiger partial charge in [-0.1, -0.05) is 23.8 Å². The van der Waals surface area contributed by atoms with Crippen molar-refractivity contribution in [2.45, 2.75) is 6.92 Å². The number of rotatable bonds is 2. The van der Waals surface area contributed by atoms with E-state index in [0.29, 0.717) is 0 Å². The van der Waals surface area contributed by atoms with Gasteiger partial charge in [-0.25, -0.2) is 0 Å². The van der Waals surface area contributed by atoms with Gasteiger partial charge in [0.15, 0.2) is 0 Å². The van der Waals surface area contributed by atoms with Gasteiger partial charge in [0.1, 0.15) is 5.75 Å². The van der Waals surface area contributed by atoms with Crippen LogP contribution in [0.3, 0.4) is 0 Å². The molecule has 2 N–H and O–H groups in total. The fourth-order valence-corrected chi connectivity index (χ4v) is 1.71. The van der Waals surface area contributed by atoms with Crippen LogP contribution in [0.15, 0.2) is 42.5 Å². The molecule has 0 aliphatic heterocycles. The normalized spacial score (nSPS) is 10.1. The molecule has 2 heteroatoms. The van der Waals surface area contributed by atoms with Gasteiger partial charge < -0.3 is 10.5 Å². The zero-order valence-corrected chi connectivity index (χ0v) is 9.53. The van der Waals surface area contributed by atoms with Crippen molar-refractivity contribution in [1.29, 1.82) is 0 Å². The number of anilines is 1. The summed E-state index contributed by atoms with van der Waals surface area (Å²) in [6.45, 7) is 2.07. The van der Waals surface area contributed by atoms with Crippen molar-refractivity contribution >= 4 is 5.69 Å². The van der Waals surface area contributed by atoms with E-state index in [-0.39, 0.29) is 0 Å². The number of benzene rings is 2. The van der Waals surface area contributed by atoms with Crippen LogP contribution in [0.2, 0.25) is 0 Å². The highest BCUT2D eigenvalue weighted by molar-refractivity contribution is 5.72. The van der Waals surface area contributed by atoms with Crippen LogP contribution in [0.5, 0.6) is 5.75 Å². The van der Waals surface area contributed by atoms with Crippen molar-refractivity contribution in [3.05, 3.63) is 48.0 Å². The van der Waals surface area contributed by atoms with Crippen LogP contribution in [0.25, 0.3) is 11.1 Å². The van der Waals surface area contributed by atoms with Crippen LogP contribution in [0, 0.1) is 6.92 Å². The first kappa shape index (κ1) is 10.6. The molecule has 2 nitrogen and oxygen atoms in total. The minimum absolute atomic E-state index is 0.773. The first-order valence-electron chi connectivity index (χ1n) is 5.21. The maximum Gasteiger partial charge on any atom is 0.126 e. The van der Waals surface area contributed by atoms with Crippen LogP contribution in [-0.2, 0) is 0 Å². The molecule has 0 amide bonds. The summed E-state index contributed by atoms with van der Waals surface area (Å²) >= 11 is 0. The Bertz CT molecular complexity index is 489. The van der Waals surface area contributed by atoms with E-state index in [9.17, 15) is 0 Å². The van der Waals surface area contributed by atoms with Gasteiger partial charge >= 0.3 is 0 Å². The number of nitrogens with two attached hydrogens (primary N) is 1. The lowest BCUT2D eigenvalue weighted by Gasteiger charge is -2.09. The first-order valence-corrected chi connectivity index (χ1v) is 5.21. The minimum atomic E-state index is 0.773. The second-order valence-corrected chi connectivity index (χ2v) is 3.83. The average molecular weight is 213 g/mol. The van der Waals surface area contributed by atoms with Crippen molar-refractivity contribution in [2.24, 2.45) is 0 Å². The molecule has 0 spiro atoms. The lowest BCUT2D eigenvalue weighted by atomic mass is 10.0. The molecule has 0 aromatic heterocycles. The third kappa shape index (κ3) is 2.01. The topological polar surface area (TPSA) is 35.2 Å². The molecule has 0 saturated heterocycles. The Morgan fingerprint density at radius 3 is 2.31 bits per heavy atom. The Labute approximate surface area is 95.7 Å². The predicted octanol–water partition coefficient (Wildman–Crippen LogP) is 3.25. The fourth-order valence-electron chi connectivity index (χ4n) is 1.71. The van der Waals surface area contributed by atoms with Crippen LogP contribution in [0.1, 0.15) is 5.56 Å². The van der Waals surface area contributed by atoms with Gasteiger partial charge in [0, 0.05) is 11.3 Å². The quantitative estimate of drug-likeness (QED) is 0.777. The van der Waals surface area contributed by atoms with Crippen LogP contribution in [0.4, 0.5) is 5.69 Å². The van der Waals surface area contributed by atoms with E-state index in [2.05, 4.69) is 13.0 Å². The summed E-state index contributed by atoms with van der Waals surface area (Å²) in [7, 11) is 1.69. The number of hydrogen-bond donors (Lipinski definition) is 1. The first-order chi connectivity index (χ1) is 7.70. The molecular weight excluding hydrogens is 198 g/mol. The lowest BCUT2D eigenvalue weighted by Crippen LogP contribution is -1.89. The Morgan fingerprint density at radius 2 is 1.69 bits per heavy atom. The van der Waals surface area contributed by atoms with Gasteiger partial charge in [-0.05, 0) is 36.8 Å². The molecule has 0 saturated carbocycles. The van der Waals surface area contributed by atoms with Crippen molar-refractivity contribution in [3.63, 3.8) is 0 Å². The molecule has 0 unspecified atom stereocenters. The van der Waals surface area contributed by atoms with Gasteiger partial charge in [0.2, 0.25) is 0 Å². The largest absolute Gasteiger partial charge is 0.496 e. The van der Waals surface area contributed by atoms with Crippen molar-refractivity contribution in [3.8, 4) is 16.9 Å². The van der Waals surface area contributed by atoms with Crippen molar-refractivity contribution < 1.29 is 4.74 Å². The summed E-state index contributed by atoms with van der Waals surface area (Å²) in [5.41, 5.74) is 9.88. The predicted molar refractivity (Wildman–Crippen MR) is 67.6 cm³/mol. The summed E-state index contributed by atoms with van der Waals surface area (Å²) in [4.78, 5) is 0. The number of ether oxygens (including phenoxy) is 1. The van der Waals surface area contributed by atoms with E-state index in [1.807, 2.05) is 36.4 Å². The molecule has 0 fully saturated rings. The summed E-state index contributed by atoms with van der Waals surface area (Å²) in [5.74, 6) is 0.885. The Balaban J connectivity index is 2.53. The Kier molecular flexibility index (Phi) is 2.82. The molecule has 0 heterocycles. The van der Waals surface area contributed by atoms with Crippen LogP contribution >= 0.6 is 0 Å². The Hall–Kier alpha value is -1.96. The molecule has 2 rings (SSSR count). The van der Waals surface area contributed by atoms with E-state index in [0.717, 1.165) is 22.6 Å². The summed E-state index contributed by atoms with van der Waals surface area (Å²) in [5, 5.41) is 0. The van der Waals surface area contributed by atoms with Crippen LogP contribution < -0.4 is 10.5 Å². The second-order valence-electron chi connectivity index (χ2n) is 3.83. The van der Waals surface area contributed by atoms with E-state index in [1.165, 1.54) is 5.56 Å². The third-order valence-corrected chi connectivity index (χ3v) is 2.58. The molecular formula is C14H15NO. The van der Waals surface area contributed by atoms with Gasteiger partial charge in [0.05, 0.1) is 7.11 Å². The zero-order chi connectivity index (χ0) is 11.5. The van der Waals surface area contributed by atoms with E-state index in [4.69, 9.17) is 10.5 Å². The smallest absolute Gasteiger partial charge is 0.126 e. The Morgan fingerprint density at radius 1 is 1.00 bits per heavy atom. The molecule has 2 aromatic rings. The second kappa shape index (κ2) is 4.27. The molecule has 16 heavy (non-hydrogen) atoms. The van der Waals surface area contributed by atoms with E-state index in [1.54, 1.807) is 7.11 Å². The molecule has 0 bridgehead atoms. The number of methoxy groups -OCH3 is 1. The van der Waals surface area contributed by atoms with Crippen LogP contribution in [-0.4, -0.2) is 7.11 Å². The van der Waals surface area contributed by atoms with Gasteiger partial charge in [0.25, 0.3) is 0 Å². The van der Waals surface area contributed by atoms with E-state index < -0.39 is 0 Å².